The van der Waals surface area contributed by atoms with Crippen LogP contribution in [-0.2, 0) is 4.74 Å². The molecule has 3 aromatic carbocycles. The van der Waals surface area contributed by atoms with Crippen molar-refractivity contribution in [2.24, 2.45) is 0 Å². The van der Waals surface area contributed by atoms with Gasteiger partial charge < -0.3 is 9.47 Å². The van der Waals surface area contributed by atoms with Crippen molar-refractivity contribution in [2.45, 2.75) is 26.4 Å². The Morgan fingerprint density at radius 2 is 1.47 bits per heavy atom. The molecule has 1 unspecified atom stereocenters. The Balaban J connectivity index is 1.54. The number of rotatable bonds is 2. The van der Waals surface area contributed by atoms with Gasteiger partial charge in [-0.25, -0.2) is 0 Å². The Bertz CT molecular complexity index is 1600. The first-order valence-corrected chi connectivity index (χ1v) is 12.4. The van der Waals surface area contributed by atoms with Crippen molar-refractivity contribution in [1.82, 2.24) is 4.58 Å². The molecule has 0 N–H and O–H groups in total. The summed E-state index contributed by atoms with van der Waals surface area (Å²) in [4.78, 5) is 0. The molecule has 4 aliphatic rings. The lowest BCUT2D eigenvalue weighted by atomic mass is 9.98. The standard InChI is InChI=1S/C32H26N2O2/c1-21-11-15-23(16-12-21)33-25-7-3-6-10-29(25)36-32-27(33)19-20-30-31(32)34(24-17-13-22(2)14-18-24)26-8-4-5-9-28(26)35-30/h3-18,20,28H,19H2,1-2H3/q+2. The van der Waals surface area contributed by atoms with Gasteiger partial charge in [0.2, 0.25) is 28.9 Å². The van der Waals surface area contributed by atoms with Gasteiger partial charge in [0.1, 0.15) is 0 Å². The fraction of sp³-hybridized carbons (Fsp3) is 0.125. The summed E-state index contributed by atoms with van der Waals surface area (Å²) in [5, 5.41) is 0. The van der Waals surface area contributed by atoms with E-state index in [2.05, 4.69) is 108 Å². The average molecular weight is 471 g/mol. The number of para-hydroxylation sites is 2. The normalized spacial score (nSPS) is 19.6. The van der Waals surface area contributed by atoms with Crippen molar-refractivity contribution in [3.8, 4) is 5.75 Å². The summed E-state index contributed by atoms with van der Waals surface area (Å²) in [6.07, 6.45) is 11.1. The van der Waals surface area contributed by atoms with Crippen molar-refractivity contribution >= 4 is 28.5 Å². The minimum Gasteiger partial charge on any atom is -0.468 e. The van der Waals surface area contributed by atoms with E-state index in [0.29, 0.717) is 6.42 Å². The summed E-state index contributed by atoms with van der Waals surface area (Å²) in [7, 11) is 0. The molecule has 0 fully saturated rings. The van der Waals surface area contributed by atoms with Gasteiger partial charge in [-0.1, -0.05) is 59.7 Å². The molecule has 4 heteroatoms. The summed E-state index contributed by atoms with van der Waals surface area (Å²) in [5.41, 5.74) is 8.83. The minimum atomic E-state index is -0.141. The molecule has 3 aromatic rings. The van der Waals surface area contributed by atoms with Crippen molar-refractivity contribution in [3.63, 3.8) is 0 Å². The third-order valence-electron chi connectivity index (χ3n) is 7.06. The third-order valence-corrected chi connectivity index (χ3v) is 7.06. The monoisotopic (exact) mass is 470 g/mol. The van der Waals surface area contributed by atoms with Gasteiger partial charge in [0, 0.05) is 36.4 Å². The van der Waals surface area contributed by atoms with E-state index in [-0.39, 0.29) is 6.10 Å². The third kappa shape index (κ3) is 3.22. The molecule has 36 heavy (non-hydrogen) atoms. The van der Waals surface area contributed by atoms with E-state index in [1.54, 1.807) is 0 Å². The van der Waals surface area contributed by atoms with Crippen molar-refractivity contribution in [2.75, 3.05) is 0 Å². The molecule has 0 spiro atoms. The van der Waals surface area contributed by atoms with E-state index in [9.17, 15) is 0 Å². The van der Waals surface area contributed by atoms with Crippen LogP contribution in [-0.4, -0.2) is 22.1 Å². The zero-order valence-electron chi connectivity index (χ0n) is 20.3. The molecule has 0 bridgehead atoms. The molecule has 2 heterocycles. The number of allylic oxidation sites excluding steroid dienone is 4. The fourth-order valence-electron chi connectivity index (χ4n) is 5.27. The topological polar surface area (TPSA) is 24.5 Å². The average Bonchev–Trinajstić information content (AvgIpc) is 2.91. The second-order valence-corrected chi connectivity index (χ2v) is 9.52. The number of ether oxygens (including phenoxy) is 2. The maximum absolute atomic E-state index is 6.72. The Labute approximate surface area is 210 Å². The Morgan fingerprint density at radius 3 is 2.22 bits per heavy atom. The second kappa shape index (κ2) is 8.06. The van der Waals surface area contributed by atoms with Crippen LogP contribution in [0.15, 0.2) is 120 Å². The van der Waals surface area contributed by atoms with Gasteiger partial charge in [0.15, 0.2) is 11.5 Å². The first kappa shape index (κ1) is 20.9. The maximum Gasteiger partial charge on any atom is 0.303 e. The number of aryl methyl sites for hydroxylation is 2. The molecule has 2 aliphatic heterocycles. The number of hydrogen-bond donors (Lipinski definition) is 0. The van der Waals surface area contributed by atoms with Crippen molar-refractivity contribution < 1.29 is 14.0 Å². The summed E-state index contributed by atoms with van der Waals surface area (Å²) in [5.74, 6) is 2.52. The van der Waals surface area contributed by atoms with Gasteiger partial charge >= 0.3 is 5.70 Å². The number of benzene rings is 3. The van der Waals surface area contributed by atoms with Crippen LogP contribution in [0.5, 0.6) is 5.75 Å². The van der Waals surface area contributed by atoms with Crippen LogP contribution in [0.4, 0.5) is 17.1 Å². The van der Waals surface area contributed by atoms with Gasteiger partial charge in [-0.05, 0) is 32.1 Å². The molecule has 0 radical (unpaired) electrons. The van der Waals surface area contributed by atoms with Crippen molar-refractivity contribution in [3.05, 3.63) is 132 Å². The van der Waals surface area contributed by atoms with Gasteiger partial charge in [0.25, 0.3) is 11.4 Å². The zero-order chi connectivity index (χ0) is 24.2. The molecule has 7 rings (SSSR count). The molecule has 0 saturated heterocycles. The summed E-state index contributed by atoms with van der Waals surface area (Å²) in [6, 6.07) is 25.6. The maximum atomic E-state index is 6.72. The lowest BCUT2D eigenvalue weighted by molar-refractivity contribution is -0.396. The van der Waals surface area contributed by atoms with E-state index < -0.39 is 0 Å². The van der Waals surface area contributed by atoms with E-state index in [1.807, 2.05) is 18.2 Å². The van der Waals surface area contributed by atoms with Gasteiger partial charge in [-0.15, -0.1) is 4.58 Å². The fourth-order valence-corrected chi connectivity index (χ4v) is 5.27. The highest BCUT2D eigenvalue weighted by molar-refractivity contribution is 6.08. The molecule has 1 atom stereocenters. The lowest BCUT2D eigenvalue weighted by Gasteiger charge is -2.29. The van der Waals surface area contributed by atoms with Crippen molar-refractivity contribution in [1.29, 1.82) is 0 Å². The van der Waals surface area contributed by atoms with Gasteiger partial charge in [0.05, 0.1) is 6.42 Å². The zero-order valence-corrected chi connectivity index (χ0v) is 20.3. The molecule has 0 saturated carbocycles. The predicted octanol–water partition coefficient (Wildman–Crippen LogP) is 6.78. The van der Waals surface area contributed by atoms with Crippen LogP contribution in [0.1, 0.15) is 17.5 Å². The molecule has 0 amide bonds. The van der Waals surface area contributed by atoms with Crippen LogP contribution >= 0.6 is 0 Å². The Morgan fingerprint density at radius 1 is 0.778 bits per heavy atom. The summed E-state index contributed by atoms with van der Waals surface area (Å²) in [6.45, 7) is 4.23. The largest absolute Gasteiger partial charge is 0.468 e. The second-order valence-electron chi connectivity index (χ2n) is 9.52. The van der Waals surface area contributed by atoms with Crippen LogP contribution in [0, 0.1) is 13.8 Å². The van der Waals surface area contributed by atoms with E-state index >= 15 is 0 Å². The van der Waals surface area contributed by atoms with E-state index in [0.717, 1.165) is 51.5 Å². The first-order valence-electron chi connectivity index (χ1n) is 12.4. The van der Waals surface area contributed by atoms with Gasteiger partial charge in [-0.3, -0.25) is 0 Å². The first-order chi connectivity index (χ1) is 17.7. The van der Waals surface area contributed by atoms with Gasteiger partial charge in [-0.2, -0.15) is 4.58 Å². The Hall–Kier alpha value is -4.44. The summed E-state index contributed by atoms with van der Waals surface area (Å²) >= 11 is 0. The number of nitrogens with zero attached hydrogens (tertiary/aromatic N) is 2. The van der Waals surface area contributed by atoms with Crippen LogP contribution in [0.25, 0.3) is 0 Å². The van der Waals surface area contributed by atoms with E-state index in [4.69, 9.17) is 9.47 Å². The summed E-state index contributed by atoms with van der Waals surface area (Å²) < 4.78 is 17.9. The van der Waals surface area contributed by atoms with Crippen LogP contribution in [0.2, 0.25) is 0 Å². The highest BCUT2D eigenvalue weighted by Crippen LogP contribution is 2.43. The molecular formula is C32H26N2O2+2. The number of fused-ring (bicyclic) bond motifs is 4. The van der Waals surface area contributed by atoms with E-state index in [1.165, 1.54) is 11.1 Å². The molecular weight excluding hydrogens is 444 g/mol. The smallest absolute Gasteiger partial charge is 0.303 e. The molecule has 4 nitrogen and oxygen atoms in total. The quantitative estimate of drug-likeness (QED) is 0.386. The minimum absolute atomic E-state index is 0.141. The highest BCUT2D eigenvalue weighted by atomic mass is 16.5. The molecule has 0 aromatic heterocycles. The molecule has 174 valence electrons. The Kier molecular flexibility index (Phi) is 4.68. The van der Waals surface area contributed by atoms with Crippen LogP contribution in [0.3, 0.4) is 0 Å². The SMILES string of the molecule is Cc1ccc([N+]2=C3C=CC=CC3OC3=CCC4=[N+](c5ccc(C)cc5)c5ccccc5OC4=C32)cc1. The lowest BCUT2D eigenvalue weighted by Crippen LogP contribution is -2.40. The predicted molar refractivity (Wildman–Crippen MR) is 144 cm³/mol. The highest BCUT2D eigenvalue weighted by Gasteiger charge is 2.48. The number of hydrogen-bond acceptors (Lipinski definition) is 2. The van der Waals surface area contributed by atoms with Crippen LogP contribution < -0.4 is 9.31 Å². The molecule has 2 aliphatic carbocycles.